The Balaban J connectivity index is 0.000000720. The van der Waals surface area contributed by atoms with E-state index in [1.807, 2.05) is 0 Å². The van der Waals surface area contributed by atoms with Gasteiger partial charge in [-0.2, -0.15) is 0 Å². The van der Waals surface area contributed by atoms with Gasteiger partial charge in [-0.1, -0.05) is 42.5 Å². The van der Waals surface area contributed by atoms with Crippen LogP contribution in [0.5, 0.6) is 0 Å². The van der Waals surface area contributed by atoms with E-state index in [4.69, 9.17) is 0 Å². The zero-order chi connectivity index (χ0) is 7.68. The predicted molar refractivity (Wildman–Crippen MR) is 55.0 cm³/mol. The molecule has 0 saturated heterocycles. The van der Waals surface area contributed by atoms with E-state index in [0.29, 0.717) is 0 Å². The second-order valence-corrected chi connectivity index (χ2v) is 2.80. The molecular formula is C11H11Li. The Kier molecular flexibility index (Phi) is 2.98. The molecule has 0 fully saturated rings. The quantitative estimate of drug-likeness (QED) is 0.506. The monoisotopic (exact) mass is 150 g/mol. The van der Waals surface area contributed by atoms with E-state index in [-0.39, 0.29) is 18.9 Å². The van der Waals surface area contributed by atoms with Gasteiger partial charge in [-0.3, -0.25) is 0 Å². The minimum absolute atomic E-state index is 0. The van der Waals surface area contributed by atoms with Crippen LogP contribution >= 0.6 is 0 Å². The van der Waals surface area contributed by atoms with Gasteiger partial charge < -0.3 is 0 Å². The number of hydrogen-bond acceptors (Lipinski definition) is 0. The van der Waals surface area contributed by atoms with Gasteiger partial charge in [-0.15, -0.1) is 0 Å². The van der Waals surface area contributed by atoms with E-state index < -0.39 is 0 Å². The molecular weight excluding hydrogens is 139 g/mol. The summed E-state index contributed by atoms with van der Waals surface area (Å²) in [4.78, 5) is 0. The number of rotatable bonds is 0. The van der Waals surface area contributed by atoms with Gasteiger partial charge in [0.1, 0.15) is 0 Å². The molecule has 0 N–H and O–H groups in total. The van der Waals surface area contributed by atoms with Crippen LogP contribution < -0.4 is 0 Å². The molecule has 0 nitrogen and oxygen atoms in total. The second kappa shape index (κ2) is 3.80. The maximum absolute atomic E-state index is 2.16. The van der Waals surface area contributed by atoms with E-state index >= 15 is 0 Å². The van der Waals surface area contributed by atoms with E-state index in [9.17, 15) is 0 Å². The molecule has 56 valence electrons. The van der Waals surface area contributed by atoms with Crippen molar-refractivity contribution in [2.24, 2.45) is 0 Å². The average Bonchev–Trinajstić information content (AvgIpc) is 2.40. The first-order chi connectivity index (χ1) is 5.38. The first-order valence-corrected chi connectivity index (χ1v) is 3.82. The van der Waals surface area contributed by atoms with Crippen molar-refractivity contribution in [1.82, 2.24) is 0 Å². The number of fused-ring (bicyclic) bond motifs is 1. The third-order valence-electron chi connectivity index (χ3n) is 2.01. The third-order valence-corrected chi connectivity index (χ3v) is 2.01. The van der Waals surface area contributed by atoms with Crippen LogP contribution in [0.3, 0.4) is 0 Å². The molecule has 0 saturated carbocycles. The van der Waals surface area contributed by atoms with Gasteiger partial charge in [-0.05, 0) is 23.6 Å². The fourth-order valence-corrected chi connectivity index (χ4v) is 1.39. The zero-order valence-corrected chi connectivity index (χ0v) is 6.54. The first kappa shape index (κ1) is 9.39. The Morgan fingerprint density at radius 3 is 2.33 bits per heavy atom. The second-order valence-electron chi connectivity index (χ2n) is 2.80. The summed E-state index contributed by atoms with van der Waals surface area (Å²) in [6.07, 6.45) is 0. The molecule has 0 atom stereocenters. The van der Waals surface area contributed by atoms with Gasteiger partial charge in [0.15, 0.2) is 0 Å². The van der Waals surface area contributed by atoms with Crippen LogP contribution in [0, 0.1) is 6.92 Å². The van der Waals surface area contributed by atoms with Crippen molar-refractivity contribution < 1.29 is 0 Å². The van der Waals surface area contributed by atoms with Crippen LogP contribution in [0.1, 0.15) is 5.56 Å². The topological polar surface area (TPSA) is 0 Å². The maximum atomic E-state index is 2.16. The molecule has 0 radical (unpaired) electrons. The summed E-state index contributed by atoms with van der Waals surface area (Å²) in [6, 6.07) is 14.8. The van der Waals surface area contributed by atoms with E-state index in [0.717, 1.165) is 0 Å². The molecule has 0 aromatic rings. The van der Waals surface area contributed by atoms with E-state index in [2.05, 4.69) is 49.4 Å². The van der Waals surface area contributed by atoms with Crippen LogP contribution in [0.4, 0.5) is 0 Å². The van der Waals surface area contributed by atoms with Crippen molar-refractivity contribution in [3.8, 4) is 11.1 Å². The fourth-order valence-electron chi connectivity index (χ4n) is 1.39. The first-order valence-electron chi connectivity index (χ1n) is 3.82. The Morgan fingerprint density at radius 1 is 0.833 bits per heavy atom. The summed E-state index contributed by atoms with van der Waals surface area (Å²) in [6.45, 7) is 2.14. The van der Waals surface area contributed by atoms with Crippen molar-refractivity contribution in [3.63, 3.8) is 0 Å². The summed E-state index contributed by atoms with van der Waals surface area (Å²) >= 11 is 0. The van der Waals surface area contributed by atoms with E-state index in [1.54, 1.807) is 0 Å². The van der Waals surface area contributed by atoms with Crippen LogP contribution in [-0.4, -0.2) is 18.9 Å². The molecule has 0 aliphatic heterocycles. The van der Waals surface area contributed by atoms with Gasteiger partial charge in [0.25, 0.3) is 0 Å². The number of hydrogen-bond donors (Lipinski definition) is 0. The molecule has 0 amide bonds. The Labute approximate surface area is 85.1 Å². The van der Waals surface area contributed by atoms with Crippen molar-refractivity contribution in [3.05, 3.63) is 48.0 Å². The van der Waals surface area contributed by atoms with Gasteiger partial charge in [-0.25, -0.2) is 0 Å². The third kappa shape index (κ3) is 1.55. The SMILES string of the molecule is Cc1ccccc2cccc1-2.[LiH]. The minimum atomic E-state index is 0. The molecule has 0 heterocycles. The molecule has 2 rings (SSSR count). The molecule has 12 heavy (non-hydrogen) atoms. The van der Waals surface area contributed by atoms with Crippen molar-refractivity contribution in [2.75, 3.05) is 0 Å². The predicted octanol–water partition coefficient (Wildman–Crippen LogP) is 2.45. The molecule has 1 heteroatoms. The van der Waals surface area contributed by atoms with Crippen LogP contribution in [0.2, 0.25) is 0 Å². The number of aryl methyl sites for hydroxylation is 1. The molecule has 0 aromatic heterocycles. The van der Waals surface area contributed by atoms with Gasteiger partial charge in [0, 0.05) is 0 Å². The summed E-state index contributed by atoms with van der Waals surface area (Å²) in [7, 11) is 0. The Hall–Kier alpha value is -0.703. The zero-order valence-electron chi connectivity index (χ0n) is 6.54. The molecule has 0 spiro atoms. The van der Waals surface area contributed by atoms with E-state index in [1.165, 1.54) is 16.7 Å². The van der Waals surface area contributed by atoms with Gasteiger partial charge in [0.05, 0.1) is 0 Å². The van der Waals surface area contributed by atoms with Gasteiger partial charge in [0.2, 0.25) is 0 Å². The average molecular weight is 150 g/mol. The van der Waals surface area contributed by atoms with Crippen LogP contribution in [0.15, 0.2) is 42.5 Å². The standard InChI is InChI=1S/C11H10.Li.H/c1-9-5-2-3-6-10-7-4-8-11(9)10;;/h2-8H,1H3;;. The summed E-state index contributed by atoms with van der Waals surface area (Å²) in [5.74, 6) is 0. The Morgan fingerprint density at radius 2 is 1.50 bits per heavy atom. The Bertz CT molecular complexity index is 341. The summed E-state index contributed by atoms with van der Waals surface area (Å²) in [5, 5.41) is 0. The summed E-state index contributed by atoms with van der Waals surface area (Å²) < 4.78 is 0. The molecule has 2 aliphatic carbocycles. The van der Waals surface area contributed by atoms with Crippen molar-refractivity contribution in [2.45, 2.75) is 6.92 Å². The van der Waals surface area contributed by atoms with Crippen LogP contribution in [0.25, 0.3) is 11.1 Å². The molecule has 0 unspecified atom stereocenters. The van der Waals surface area contributed by atoms with Crippen molar-refractivity contribution >= 4 is 18.9 Å². The fraction of sp³-hybridized carbons (Fsp3) is 0.0909. The van der Waals surface area contributed by atoms with Crippen molar-refractivity contribution in [1.29, 1.82) is 0 Å². The molecule has 0 aromatic carbocycles. The molecule has 0 bridgehead atoms. The normalized spacial score (nSPS) is 9.42. The molecule has 2 aliphatic rings. The van der Waals surface area contributed by atoms with Gasteiger partial charge >= 0.3 is 18.9 Å². The summed E-state index contributed by atoms with van der Waals surface area (Å²) in [5.41, 5.74) is 4.03. The van der Waals surface area contributed by atoms with Crippen LogP contribution in [-0.2, 0) is 0 Å².